The Kier molecular flexibility index (Phi) is 3.95. The first-order chi connectivity index (χ1) is 9.43. The summed E-state index contributed by atoms with van der Waals surface area (Å²) >= 11 is 3.49. The van der Waals surface area contributed by atoms with Gasteiger partial charge in [0.25, 0.3) is 0 Å². The standard InChI is InChI=1S/C14H13N3S2/c1-2-4-11(5-3-1)18-9-7-15-13-12-6-8-19-14(12)17-10-16-13/h1-6,8,10H,7,9H2,(H,15,16,17). The number of hydrogen-bond acceptors (Lipinski definition) is 5. The van der Waals surface area contributed by atoms with Gasteiger partial charge in [-0.3, -0.25) is 0 Å². The molecule has 96 valence electrons. The van der Waals surface area contributed by atoms with Crippen molar-refractivity contribution in [1.29, 1.82) is 0 Å². The number of anilines is 1. The second-order valence-electron chi connectivity index (χ2n) is 3.95. The first kappa shape index (κ1) is 12.4. The van der Waals surface area contributed by atoms with Crippen LogP contribution in [0.5, 0.6) is 0 Å². The maximum Gasteiger partial charge on any atom is 0.138 e. The van der Waals surface area contributed by atoms with Gasteiger partial charge in [0.15, 0.2) is 0 Å². The number of thioether (sulfide) groups is 1. The summed E-state index contributed by atoms with van der Waals surface area (Å²) < 4.78 is 0. The molecule has 0 fully saturated rings. The quantitative estimate of drug-likeness (QED) is 0.570. The van der Waals surface area contributed by atoms with Gasteiger partial charge in [0.05, 0.1) is 5.39 Å². The molecule has 3 nitrogen and oxygen atoms in total. The van der Waals surface area contributed by atoms with Gasteiger partial charge < -0.3 is 5.32 Å². The lowest BCUT2D eigenvalue weighted by Crippen LogP contribution is -2.05. The number of hydrogen-bond donors (Lipinski definition) is 1. The fraction of sp³-hybridized carbons (Fsp3) is 0.143. The maximum atomic E-state index is 4.30. The molecule has 0 amide bonds. The highest BCUT2D eigenvalue weighted by atomic mass is 32.2. The van der Waals surface area contributed by atoms with E-state index in [0.29, 0.717) is 0 Å². The Hall–Kier alpha value is -1.59. The highest BCUT2D eigenvalue weighted by Crippen LogP contribution is 2.24. The molecule has 0 saturated carbocycles. The second kappa shape index (κ2) is 6.04. The summed E-state index contributed by atoms with van der Waals surface area (Å²) in [5.74, 6) is 1.94. The molecule has 19 heavy (non-hydrogen) atoms. The van der Waals surface area contributed by atoms with Crippen LogP contribution in [0, 0.1) is 0 Å². The van der Waals surface area contributed by atoms with Crippen molar-refractivity contribution >= 4 is 39.1 Å². The Balaban J connectivity index is 1.57. The van der Waals surface area contributed by atoms with E-state index in [1.54, 1.807) is 17.7 Å². The Bertz CT molecular complexity index is 652. The van der Waals surface area contributed by atoms with Gasteiger partial charge in [-0.05, 0) is 23.6 Å². The highest BCUT2D eigenvalue weighted by Gasteiger charge is 2.03. The zero-order valence-electron chi connectivity index (χ0n) is 10.2. The zero-order chi connectivity index (χ0) is 12.9. The third kappa shape index (κ3) is 3.05. The van der Waals surface area contributed by atoms with Crippen LogP contribution in [0.4, 0.5) is 5.82 Å². The molecule has 3 rings (SSSR count). The Morgan fingerprint density at radius 2 is 2.00 bits per heavy atom. The minimum Gasteiger partial charge on any atom is -0.369 e. The molecule has 2 aromatic heterocycles. The van der Waals surface area contributed by atoms with E-state index >= 15 is 0 Å². The van der Waals surface area contributed by atoms with Crippen molar-refractivity contribution in [3.05, 3.63) is 48.1 Å². The monoisotopic (exact) mass is 287 g/mol. The average Bonchev–Trinajstić information content (AvgIpc) is 2.94. The summed E-state index contributed by atoms with van der Waals surface area (Å²) in [7, 11) is 0. The van der Waals surface area contributed by atoms with Gasteiger partial charge in [0, 0.05) is 17.2 Å². The van der Waals surface area contributed by atoms with Gasteiger partial charge in [-0.1, -0.05) is 18.2 Å². The molecule has 1 aromatic carbocycles. The van der Waals surface area contributed by atoms with Gasteiger partial charge in [-0.2, -0.15) is 0 Å². The molecule has 0 atom stereocenters. The van der Waals surface area contributed by atoms with E-state index < -0.39 is 0 Å². The van der Waals surface area contributed by atoms with Gasteiger partial charge in [-0.15, -0.1) is 23.1 Å². The topological polar surface area (TPSA) is 37.8 Å². The van der Waals surface area contributed by atoms with Gasteiger partial charge in [-0.25, -0.2) is 9.97 Å². The Morgan fingerprint density at radius 1 is 1.11 bits per heavy atom. The fourth-order valence-corrected chi connectivity index (χ4v) is 3.31. The van der Waals surface area contributed by atoms with E-state index in [-0.39, 0.29) is 0 Å². The first-order valence-electron chi connectivity index (χ1n) is 6.03. The van der Waals surface area contributed by atoms with E-state index in [1.807, 2.05) is 23.2 Å². The normalized spacial score (nSPS) is 10.7. The van der Waals surface area contributed by atoms with Crippen LogP contribution in [-0.4, -0.2) is 22.3 Å². The lowest BCUT2D eigenvalue weighted by atomic mass is 10.4. The molecule has 1 N–H and O–H groups in total. The highest BCUT2D eigenvalue weighted by molar-refractivity contribution is 7.99. The van der Waals surface area contributed by atoms with E-state index in [4.69, 9.17) is 0 Å². The van der Waals surface area contributed by atoms with E-state index in [9.17, 15) is 0 Å². The number of nitrogens with zero attached hydrogens (tertiary/aromatic N) is 2. The summed E-state index contributed by atoms with van der Waals surface area (Å²) in [6.45, 7) is 0.890. The fourth-order valence-electron chi connectivity index (χ4n) is 1.79. The molecule has 0 aliphatic heterocycles. The summed E-state index contributed by atoms with van der Waals surface area (Å²) in [5, 5.41) is 6.53. The Morgan fingerprint density at radius 3 is 2.89 bits per heavy atom. The molecule has 0 radical (unpaired) electrons. The molecule has 0 saturated heterocycles. The molecule has 0 bridgehead atoms. The van der Waals surface area contributed by atoms with Crippen LogP contribution in [0.1, 0.15) is 0 Å². The van der Waals surface area contributed by atoms with Crippen molar-refractivity contribution in [2.75, 3.05) is 17.6 Å². The van der Waals surface area contributed by atoms with E-state index in [1.165, 1.54) is 4.90 Å². The van der Waals surface area contributed by atoms with E-state index in [2.05, 4.69) is 45.6 Å². The predicted octanol–water partition coefficient (Wildman–Crippen LogP) is 3.90. The van der Waals surface area contributed by atoms with Crippen molar-refractivity contribution < 1.29 is 0 Å². The van der Waals surface area contributed by atoms with Gasteiger partial charge >= 0.3 is 0 Å². The molecule has 0 aliphatic carbocycles. The third-order valence-electron chi connectivity index (χ3n) is 2.67. The lowest BCUT2D eigenvalue weighted by Gasteiger charge is -2.06. The Labute approximate surface area is 120 Å². The number of fused-ring (bicyclic) bond motifs is 1. The molecule has 0 spiro atoms. The van der Waals surface area contributed by atoms with Crippen LogP contribution >= 0.6 is 23.1 Å². The summed E-state index contributed by atoms with van der Waals surface area (Å²) in [6, 6.07) is 12.5. The maximum absolute atomic E-state index is 4.30. The number of benzene rings is 1. The molecule has 0 unspecified atom stereocenters. The first-order valence-corrected chi connectivity index (χ1v) is 7.90. The predicted molar refractivity (Wildman–Crippen MR) is 83.1 cm³/mol. The minimum atomic E-state index is 0.890. The number of aromatic nitrogens is 2. The SMILES string of the molecule is c1ccc(SCCNc2ncnc3sccc23)cc1. The van der Waals surface area contributed by atoms with Gasteiger partial charge in [0.1, 0.15) is 17.0 Å². The van der Waals surface area contributed by atoms with Gasteiger partial charge in [0.2, 0.25) is 0 Å². The minimum absolute atomic E-state index is 0.890. The molecular weight excluding hydrogens is 274 g/mol. The summed E-state index contributed by atoms with van der Waals surface area (Å²) in [5.41, 5.74) is 0. The van der Waals surface area contributed by atoms with Crippen LogP contribution in [0.15, 0.2) is 53.0 Å². The summed E-state index contributed by atoms with van der Waals surface area (Å²) in [4.78, 5) is 10.9. The average molecular weight is 287 g/mol. The smallest absolute Gasteiger partial charge is 0.138 e. The number of thiophene rings is 1. The molecule has 5 heteroatoms. The van der Waals surface area contributed by atoms with Crippen molar-refractivity contribution in [3.63, 3.8) is 0 Å². The largest absolute Gasteiger partial charge is 0.369 e. The van der Waals surface area contributed by atoms with Crippen LogP contribution < -0.4 is 5.32 Å². The zero-order valence-corrected chi connectivity index (χ0v) is 11.9. The van der Waals surface area contributed by atoms with Crippen LogP contribution in [0.3, 0.4) is 0 Å². The van der Waals surface area contributed by atoms with Crippen molar-refractivity contribution in [2.24, 2.45) is 0 Å². The van der Waals surface area contributed by atoms with Crippen molar-refractivity contribution in [3.8, 4) is 0 Å². The van der Waals surface area contributed by atoms with Crippen molar-refractivity contribution in [1.82, 2.24) is 9.97 Å². The molecule has 2 heterocycles. The second-order valence-corrected chi connectivity index (χ2v) is 6.01. The van der Waals surface area contributed by atoms with Crippen LogP contribution in [-0.2, 0) is 0 Å². The van der Waals surface area contributed by atoms with Crippen LogP contribution in [0.25, 0.3) is 10.2 Å². The lowest BCUT2D eigenvalue weighted by molar-refractivity contribution is 1.15. The van der Waals surface area contributed by atoms with Crippen molar-refractivity contribution in [2.45, 2.75) is 4.90 Å². The van der Waals surface area contributed by atoms with Crippen LogP contribution in [0.2, 0.25) is 0 Å². The van der Waals surface area contributed by atoms with E-state index in [0.717, 1.165) is 28.3 Å². The molecular formula is C14H13N3S2. The molecule has 0 aliphatic rings. The number of nitrogens with one attached hydrogen (secondary N) is 1. The molecule has 3 aromatic rings. The number of rotatable bonds is 5. The summed E-state index contributed by atoms with van der Waals surface area (Å²) in [6.07, 6.45) is 1.62. The third-order valence-corrected chi connectivity index (χ3v) is 4.50.